The average Bonchev–Trinajstić information content (AvgIpc) is 2.53. The lowest BCUT2D eigenvalue weighted by molar-refractivity contribution is -0.139. The maximum absolute atomic E-state index is 12.8. The van der Waals surface area contributed by atoms with E-state index in [1.54, 1.807) is 0 Å². The number of piperazine rings is 1. The summed E-state index contributed by atoms with van der Waals surface area (Å²) in [7, 11) is 0. The third kappa shape index (κ3) is 2.97. The van der Waals surface area contributed by atoms with Crippen LogP contribution in [-0.4, -0.2) is 47.4 Å². The highest BCUT2D eigenvalue weighted by molar-refractivity contribution is 5.83. The fraction of sp³-hybridized carbons (Fsp3) is 0.588. The first-order valence-electron chi connectivity index (χ1n) is 8.02. The van der Waals surface area contributed by atoms with Gasteiger partial charge in [-0.2, -0.15) is 0 Å². The molecule has 0 saturated carbocycles. The largest absolute Gasteiger partial charge is 0.335 e. The van der Waals surface area contributed by atoms with Gasteiger partial charge in [-0.05, 0) is 31.9 Å². The number of hydrogen-bond acceptors (Lipinski definition) is 3. The van der Waals surface area contributed by atoms with Crippen molar-refractivity contribution in [2.75, 3.05) is 19.6 Å². The molecular weight excluding hydrogens is 262 g/mol. The van der Waals surface area contributed by atoms with Crippen molar-refractivity contribution in [3.63, 3.8) is 0 Å². The van der Waals surface area contributed by atoms with Gasteiger partial charge in [-0.3, -0.25) is 9.69 Å². The molecule has 0 spiro atoms. The molecule has 0 aromatic heterocycles. The summed E-state index contributed by atoms with van der Waals surface area (Å²) in [5.41, 5.74) is 7.10. The highest BCUT2D eigenvalue weighted by Gasteiger charge is 2.36. The van der Waals surface area contributed by atoms with Gasteiger partial charge in [0.2, 0.25) is 5.91 Å². The van der Waals surface area contributed by atoms with Crippen LogP contribution in [0.4, 0.5) is 0 Å². The Balaban J connectivity index is 1.72. The zero-order chi connectivity index (χ0) is 14.8. The monoisotopic (exact) mass is 287 g/mol. The minimum Gasteiger partial charge on any atom is -0.335 e. The fourth-order valence-corrected chi connectivity index (χ4v) is 3.64. The van der Waals surface area contributed by atoms with Crippen molar-refractivity contribution in [3.05, 3.63) is 35.9 Å². The molecule has 2 aliphatic heterocycles. The molecule has 3 atom stereocenters. The van der Waals surface area contributed by atoms with E-state index in [4.69, 9.17) is 5.73 Å². The lowest BCUT2D eigenvalue weighted by atomic mass is 9.96. The van der Waals surface area contributed by atoms with Gasteiger partial charge >= 0.3 is 0 Å². The number of carbonyl (C=O) groups is 1. The van der Waals surface area contributed by atoms with Crippen LogP contribution >= 0.6 is 0 Å². The molecule has 2 fully saturated rings. The van der Waals surface area contributed by atoms with Crippen molar-refractivity contribution in [1.29, 1.82) is 0 Å². The van der Waals surface area contributed by atoms with E-state index in [-0.39, 0.29) is 11.9 Å². The summed E-state index contributed by atoms with van der Waals surface area (Å²) < 4.78 is 0. The zero-order valence-electron chi connectivity index (χ0n) is 12.7. The SMILES string of the molecule is CC1CN2CCCCC2CN1C(=O)[C@@H](N)c1ccccc1. The van der Waals surface area contributed by atoms with Crippen LogP contribution in [0.25, 0.3) is 0 Å². The Hall–Kier alpha value is -1.39. The van der Waals surface area contributed by atoms with Gasteiger partial charge < -0.3 is 10.6 Å². The van der Waals surface area contributed by atoms with Gasteiger partial charge in [0.15, 0.2) is 0 Å². The van der Waals surface area contributed by atoms with E-state index in [1.165, 1.54) is 25.8 Å². The topological polar surface area (TPSA) is 49.6 Å². The van der Waals surface area contributed by atoms with E-state index in [0.29, 0.717) is 6.04 Å². The van der Waals surface area contributed by atoms with Crippen molar-refractivity contribution in [1.82, 2.24) is 9.80 Å². The molecule has 1 aromatic rings. The maximum atomic E-state index is 12.8. The highest BCUT2D eigenvalue weighted by atomic mass is 16.2. The number of benzene rings is 1. The minimum atomic E-state index is -0.538. The molecule has 4 nitrogen and oxygen atoms in total. The van der Waals surface area contributed by atoms with Crippen molar-refractivity contribution in [2.45, 2.75) is 44.3 Å². The van der Waals surface area contributed by atoms with Gasteiger partial charge in [0.1, 0.15) is 6.04 Å². The number of fused-ring (bicyclic) bond motifs is 1. The molecule has 2 aliphatic rings. The molecule has 2 N–H and O–H groups in total. The normalized spacial score (nSPS) is 28.0. The molecule has 3 rings (SSSR count). The first-order chi connectivity index (χ1) is 10.2. The smallest absolute Gasteiger partial charge is 0.244 e. The molecule has 0 aliphatic carbocycles. The Morgan fingerprint density at radius 3 is 2.76 bits per heavy atom. The summed E-state index contributed by atoms with van der Waals surface area (Å²) >= 11 is 0. The second-order valence-electron chi connectivity index (χ2n) is 6.37. The van der Waals surface area contributed by atoms with Crippen LogP contribution in [0.5, 0.6) is 0 Å². The van der Waals surface area contributed by atoms with E-state index in [0.717, 1.165) is 18.7 Å². The molecule has 2 heterocycles. The van der Waals surface area contributed by atoms with Crippen molar-refractivity contribution < 1.29 is 4.79 Å². The van der Waals surface area contributed by atoms with E-state index in [1.807, 2.05) is 35.2 Å². The van der Waals surface area contributed by atoms with Crippen LogP contribution in [0, 0.1) is 0 Å². The summed E-state index contributed by atoms with van der Waals surface area (Å²) in [6.45, 7) is 5.14. The summed E-state index contributed by atoms with van der Waals surface area (Å²) in [6.07, 6.45) is 3.78. The van der Waals surface area contributed by atoms with E-state index in [2.05, 4.69) is 11.8 Å². The lowest BCUT2D eigenvalue weighted by Gasteiger charge is -2.48. The first kappa shape index (κ1) is 14.5. The van der Waals surface area contributed by atoms with E-state index < -0.39 is 6.04 Å². The van der Waals surface area contributed by atoms with Crippen LogP contribution in [0.3, 0.4) is 0 Å². The van der Waals surface area contributed by atoms with Gasteiger partial charge in [0.05, 0.1) is 0 Å². The second-order valence-corrected chi connectivity index (χ2v) is 6.37. The molecule has 21 heavy (non-hydrogen) atoms. The third-order valence-electron chi connectivity index (χ3n) is 4.90. The van der Waals surface area contributed by atoms with Gasteiger partial charge in [-0.15, -0.1) is 0 Å². The Morgan fingerprint density at radius 1 is 1.24 bits per heavy atom. The standard InChI is InChI=1S/C17H25N3O/c1-13-11-19-10-6-5-9-15(19)12-20(13)17(21)16(18)14-7-3-2-4-8-14/h2-4,7-8,13,15-16H,5-6,9-12,18H2,1H3/t13?,15?,16-/m0/s1. The van der Waals surface area contributed by atoms with Crippen LogP contribution in [0.15, 0.2) is 30.3 Å². The average molecular weight is 287 g/mol. The number of nitrogens with two attached hydrogens (primary N) is 1. The van der Waals surface area contributed by atoms with Crippen molar-refractivity contribution in [2.24, 2.45) is 5.73 Å². The number of amides is 1. The summed E-state index contributed by atoms with van der Waals surface area (Å²) in [6, 6.07) is 9.93. The van der Waals surface area contributed by atoms with Crippen LogP contribution in [0.2, 0.25) is 0 Å². The minimum absolute atomic E-state index is 0.0684. The molecular formula is C17H25N3O. The molecule has 1 aromatic carbocycles. The zero-order valence-corrected chi connectivity index (χ0v) is 12.7. The molecule has 1 amide bonds. The third-order valence-corrected chi connectivity index (χ3v) is 4.90. The summed E-state index contributed by atoms with van der Waals surface area (Å²) in [4.78, 5) is 17.3. The molecule has 114 valence electrons. The summed E-state index contributed by atoms with van der Waals surface area (Å²) in [5, 5.41) is 0. The van der Waals surface area contributed by atoms with Gasteiger partial charge in [-0.1, -0.05) is 36.8 Å². The molecule has 0 bridgehead atoms. The first-order valence-corrected chi connectivity index (χ1v) is 8.02. The van der Waals surface area contributed by atoms with Crippen molar-refractivity contribution in [3.8, 4) is 0 Å². The predicted molar refractivity (Wildman–Crippen MR) is 83.8 cm³/mol. The molecule has 2 unspecified atom stereocenters. The number of carbonyl (C=O) groups excluding carboxylic acids is 1. The molecule has 4 heteroatoms. The fourth-order valence-electron chi connectivity index (χ4n) is 3.64. The number of piperidine rings is 1. The Kier molecular flexibility index (Phi) is 4.27. The lowest BCUT2D eigenvalue weighted by Crippen LogP contribution is -2.61. The number of hydrogen-bond donors (Lipinski definition) is 1. The number of rotatable bonds is 2. The quantitative estimate of drug-likeness (QED) is 0.902. The van der Waals surface area contributed by atoms with Gasteiger partial charge in [-0.25, -0.2) is 0 Å². The Labute approximate surface area is 126 Å². The highest BCUT2D eigenvalue weighted by Crippen LogP contribution is 2.26. The molecule has 2 saturated heterocycles. The van der Waals surface area contributed by atoms with E-state index in [9.17, 15) is 4.79 Å². The van der Waals surface area contributed by atoms with Crippen LogP contribution in [0.1, 0.15) is 37.8 Å². The van der Waals surface area contributed by atoms with Gasteiger partial charge in [0, 0.05) is 25.2 Å². The Morgan fingerprint density at radius 2 is 2.00 bits per heavy atom. The maximum Gasteiger partial charge on any atom is 0.244 e. The van der Waals surface area contributed by atoms with Crippen molar-refractivity contribution >= 4 is 5.91 Å². The second kappa shape index (κ2) is 6.16. The Bertz CT molecular complexity index is 490. The van der Waals surface area contributed by atoms with Crippen LogP contribution in [-0.2, 0) is 4.79 Å². The number of nitrogens with zero attached hydrogens (tertiary/aromatic N) is 2. The summed E-state index contributed by atoms with van der Waals surface area (Å²) in [5.74, 6) is 0.0684. The van der Waals surface area contributed by atoms with Crippen LogP contribution < -0.4 is 5.73 Å². The van der Waals surface area contributed by atoms with E-state index >= 15 is 0 Å². The van der Waals surface area contributed by atoms with Gasteiger partial charge in [0.25, 0.3) is 0 Å². The predicted octanol–water partition coefficient (Wildman–Crippen LogP) is 1.77. The molecule has 0 radical (unpaired) electrons.